The zero-order valence-electron chi connectivity index (χ0n) is 15.2. The molecule has 0 spiro atoms. The van der Waals surface area contributed by atoms with Crippen molar-refractivity contribution < 1.29 is 28.2 Å². The second-order valence-electron chi connectivity index (χ2n) is 6.11. The van der Waals surface area contributed by atoms with Crippen LogP contribution < -0.4 is 14.2 Å². The molecule has 0 saturated carbocycles. The number of carbonyl (C=O) groups excluding carboxylic acids is 2. The van der Waals surface area contributed by atoms with E-state index in [-0.39, 0.29) is 11.5 Å². The van der Waals surface area contributed by atoms with Gasteiger partial charge in [-0.1, -0.05) is 12.1 Å². The number of para-hydroxylation sites is 1. The van der Waals surface area contributed by atoms with Gasteiger partial charge in [-0.15, -0.1) is 0 Å². The van der Waals surface area contributed by atoms with E-state index in [2.05, 4.69) is 0 Å². The molecule has 6 heteroatoms. The Morgan fingerprint density at radius 1 is 1.04 bits per heavy atom. The molecule has 0 aliphatic carbocycles. The van der Waals surface area contributed by atoms with Crippen molar-refractivity contribution in [3.63, 3.8) is 0 Å². The van der Waals surface area contributed by atoms with Crippen molar-refractivity contribution >= 4 is 17.8 Å². The van der Waals surface area contributed by atoms with Crippen LogP contribution in [0.4, 0.5) is 0 Å². The number of methoxy groups -OCH3 is 1. The molecule has 3 aromatic rings. The number of hydrogen-bond donors (Lipinski definition) is 0. The van der Waals surface area contributed by atoms with E-state index < -0.39 is 5.97 Å². The summed E-state index contributed by atoms with van der Waals surface area (Å²) in [5, 5.41) is 0. The number of allylic oxidation sites excluding steroid dienone is 1. The third-order valence-corrected chi connectivity index (χ3v) is 4.38. The maximum absolute atomic E-state index is 12.6. The smallest absolute Gasteiger partial charge is 0.347 e. The third-order valence-electron chi connectivity index (χ3n) is 4.38. The highest BCUT2D eigenvalue weighted by Gasteiger charge is 2.31. The largest absolute Gasteiger partial charge is 0.496 e. The van der Waals surface area contributed by atoms with Gasteiger partial charge >= 0.3 is 5.97 Å². The van der Waals surface area contributed by atoms with Gasteiger partial charge in [-0.25, -0.2) is 4.79 Å². The molecular weight excluding hydrogens is 360 g/mol. The Bertz CT molecular complexity index is 1090. The molecule has 0 fully saturated rings. The molecule has 0 radical (unpaired) electrons. The molecule has 0 bridgehead atoms. The first kappa shape index (κ1) is 17.6. The predicted octanol–water partition coefficient (Wildman–Crippen LogP) is 4.43. The van der Waals surface area contributed by atoms with Crippen molar-refractivity contribution in [2.75, 3.05) is 7.11 Å². The highest BCUT2D eigenvalue weighted by molar-refractivity contribution is 6.14. The van der Waals surface area contributed by atoms with E-state index in [9.17, 15) is 9.59 Å². The zero-order chi connectivity index (χ0) is 19.7. The molecule has 1 aromatic heterocycles. The minimum atomic E-state index is -0.559. The van der Waals surface area contributed by atoms with E-state index in [1.54, 1.807) is 55.5 Å². The summed E-state index contributed by atoms with van der Waals surface area (Å²) >= 11 is 0. The monoisotopic (exact) mass is 376 g/mol. The lowest BCUT2D eigenvalue weighted by Crippen LogP contribution is -2.11. The first-order chi connectivity index (χ1) is 13.6. The van der Waals surface area contributed by atoms with E-state index >= 15 is 0 Å². The van der Waals surface area contributed by atoms with E-state index in [0.29, 0.717) is 39.7 Å². The van der Waals surface area contributed by atoms with E-state index in [0.717, 1.165) is 0 Å². The molecular formula is C22H16O6. The minimum Gasteiger partial charge on any atom is -0.496 e. The molecule has 0 N–H and O–H groups in total. The molecule has 1 aliphatic heterocycles. The highest BCUT2D eigenvalue weighted by Crippen LogP contribution is 2.39. The maximum Gasteiger partial charge on any atom is 0.347 e. The summed E-state index contributed by atoms with van der Waals surface area (Å²) in [6.45, 7) is 1.73. The van der Waals surface area contributed by atoms with Gasteiger partial charge in [0.2, 0.25) is 5.78 Å². The number of furan rings is 1. The summed E-state index contributed by atoms with van der Waals surface area (Å²) < 4.78 is 21.7. The van der Waals surface area contributed by atoms with E-state index in [1.807, 2.05) is 0 Å². The van der Waals surface area contributed by atoms with Crippen molar-refractivity contribution in [2.45, 2.75) is 6.92 Å². The lowest BCUT2D eigenvalue weighted by molar-refractivity contribution is 0.0729. The summed E-state index contributed by atoms with van der Waals surface area (Å²) in [6, 6.07) is 13.4. The maximum atomic E-state index is 12.6. The molecule has 6 nitrogen and oxygen atoms in total. The van der Waals surface area contributed by atoms with E-state index in [1.165, 1.54) is 19.4 Å². The Kier molecular flexibility index (Phi) is 4.45. The molecule has 0 atom stereocenters. The lowest BCUT2D eigenvalue weighted by Gasteiger charge is -2.11. The normalized spacial score (nSPS) is 13.9. The Labute approximate surface area is 160 Å². The third kappa shape index (κ3) is 3.05. The van der Waals surface area contributed by atoms with Crippen molar-refractivity contribution in [2.24, 2.45) is 0 Å². The van der Waals surface area contributed by atoms with Crippen LogP contribution in [0.3, 0.4) is 0 Å². The lowest BCUT2D eigenvalue weighted by atomic mass is 10.1. The van der Waals surface area contributed by atoms with Gasteiger partial charge in [0.1, 0.15) is 28.6 Å². The second-order valence-corrected chi connectivity index (χ2v) is 6.11. The average molecular weight is 376 g/mol. The van der Waals surface area contributed by atoms with E-state index in [4.69, 9.17) is 18.6 Å². The summed E-state index contributed by atoms with van der Waals surface area (Å²) in [5.74, 6) is 0.947. The van der Waals surface area contributed by atoms with Crippen molar-refractivity contribution in [1.82, 2.24) is 0 Å². The number of ether oxygens (including phenoxy) is 3. The molecule has 4 rings (SSSR count). The molecule has 0 unspecified atom stereocenters. The molecule has 140 valence electrons. The van der Waals surface area contributed by atoms with Gasteiger partial charge in [0.25, 0.3) is 0 Å². The summed E-state index contributed by atoms with van der Waals surface area (Å²) in [5.41, 5.74) is 1.27. The van der Waals surface area contributed by atoms with Crippen LogP contribution in [0, 0.1) is 6.92 Å². The van der Waals surface area contributed by atoms with Crippen LogP contribution in [-0.4, -0.2) is 18.9 Å². The minimum absolute atomic E-state index is 0.154. The van der Waals surface area contributed by atoms with Crippen molar-refractivity contribution in [3.05, 3.63) is 83.0 Å². The Balaban J connectivity index is 1.63. The summed E-state index contributed by atoms with van der Waals surface area (Å²) in [4.78, 5) is 25.1. The standard InChI is InChI=1S/C22H16O6/c1-13-17(28-22(24)15-7-3-4-8-18(15)25-2)10-9-16-20(23)19(27-21(13)16)12-14-6-5-11-26-14/h3-12H,1-2H3/b19-12-. The summed E-state index contributed by atoms with van der Waals surface area (Å²) in [7, 11) is 1.49. The number of fused-ring (bicyclic) bond motifs is 1. The topological polar surface area (TPSA) is 75.0 Å². The quantitative estimate of drug-likeness (QED) is 0.381. The van der Waals surface area contributed by atoms with Gasteiger partial charge in [0, 0.05) is 11.6 Å². The second kappa shape index (κ2) is 7.08. The van der Waals surface area contributed by atoms with Crippen LogP contribution in [0.2, 0.25) is 0 Å². The fourth-order valence-corrected chi connectivity index (χ4v) is 2.95. The fourth-order valence-electron chi connectivity index (χ4n) is 2.95. The zero-order valence-corrected chi connectivity index (χ0v) is 15.2. The van der Waals surface area contributed by atoms with Gasteiger partial charge in [-0.2, -0.15) is 0 Å². The van der Waals surface area contributed by atoms with Crippen LogP contribution in [0.25, 0.3) is 6.08 Å². The highest BCUT2D eigenvalue weighted by atomic mass is 16.5. The molecule has 0 amide bonds. The number of esters is 1. The number of Topliss-reactive ketones (excluding diaryl/α,β-unsaturated/α-hetero) is 1. The first-order valence-electron chi connectivity index (χ1n) is 8.55. The number of hydrogen-bond acceptors (Lipinski definition) is 6. The van der Waals surface area contributed by atoms with Crippen molar-refractivity contribution in [3.8, 4) is 17.2 Å². The molecule has 2 aromatic carbocycles. The Hall–Kier alpha value is -3.80. The molecule has 0 saturated heterocycles. The predicted molar refractivity (Wildman–Crippen MR) is 101 cm³/mol. The van der Waals surface area contributed by atoms with Gasteiger partial charge in [0.15, 0.2) is 5.76 Å². The molecule has 2 heterocycles. The van der Waals surface area contributed by atoms with Gasteiger partial charge in [-0.3, -0.25) is 4.79 Å². The van der Waals surface area contributed by atoms with Crippen LogP contribution in [0.1, 0.15) is 32.0 Å². The van der Waals surface area contributed by atoms with Crippen molar-refractivity contribution in [1.29, 1.82) is 0 Å². The first-order valence-corrected chi connectivity index (χ1v) is 8.55. The number of rotatable bonds is 4. The van der Waals surface area contributed by atoms with Gasteiger partial charge < -0.3 is 18.6 Å². The Morgan fingerprint density at radius 3 is 2.61 bits per heavy atom. The average Bonchev–Trinajstić information content (AvgIpc) is 3.33. The number of carbonyl (C=O) groups is 2. The van der Waals surface area contributed by atoms with Gasteiger partial charge in [-0.05, 0) is 43.3 Å². The SMILES string of the molecule is COc1ccccc1C(=O)Oc1ccc2c(c1C)O/C(=C\c1ccco1)C2=O. The van der Waals surface area contributed by atoms with Crippen LogP contribution >= 0.6 is 0 Å². The fraction of sp³-hybridized carbons (Fsp3) is 0.0909. The number of benzene rings is 2. The Morgan fingerprint density at radius 2 is 1.86 bits per heavy atom. The number of ketones is 1. The molecule has 28 heavy (non-hydrogen) atoms. The van der Waals surface area contributed by atoms with Crippen LogP contribution in [0.15, 0.2) is 65.0 Å². The molecule has 1 aliphatic rings. The van der Waals surface area contributed by atoms with Crippen LogP contribution in [-0.2, 0) is 0 Å². The van der Waals surface area contributed by atoms with Gasteiger partial charge in [0.05, 0.1) is 18.9 Å². The van der Waals surface area contributed by atoms with Crippen LogP contribution in [0.5, 0.6) is 17.2 Å². The summed E-state index contributed by atoms with van der Waals surface area (Å²) in [6.07, 6.45) is 3.04.